The van der Waals surface area contributed by atoms with E-state index in [-0.39, 0.29) is 15.9 Å². The first kappa shape index (κ1) is 17.4. The van der Waals surface area contributed by atoms with Gasteiger partial charge in [0, 0.05) is 17.4 Å². The van der Waals surface area contributed by atoms with E-state index in [4.69, 9.17) is 16.0 Å². The lowest BCUT2D eigenvalue weighted by atomic mass is 10.3. The smallest absolute Gasteiger partial charge is 0.277 e. The molecule has 0 aliphatic carbocycles. The van der Waals surface area contributed by atoms with Crippen molar-refractivity contribution in [1.82, 2.24) is 15.2 Å². The molecule has 1 amide bonds. The Morgan fingerprint density at radius 2 is 2.20 bits per heavy atom. The number of nitrogens with one attached hydrogen (secondary N) is 1. The van der Waals surface area contributed by atoms with Crippen LogP contribution >= 0.6 is 23.4 Å². The molecule has 128 valence electrons. The van der Waals surface area contributed by atoms with Crippen molar-refractivity contribution in [2.45, 2.75) is 17.4 Å². The van der Waals surface area contributed by atoms with E-state index in [9.17, 15) is 9.18 Å². The summed E-state index contributed by atoms with van der Waals surface area (Å²) in [5.74, 6) is -0.686. The second-order valence-corrected chi connectivity index (χ2v) is 6.72. The number of amides is 1. The van der Waals surface area contributed by atoms with E-state index in [1.54, 1.807) is 31.5 Å². The SMILES string of the molecule is C[C@@H](Sc1nnc(-c2cccnc2)o1)C(=O)Nc1ccc(Cl)cc1F. The summed E-state index contributed by atoms with van der Waals surface area (Å²) < 4.78 is 19.2. The number of aromatic nitrogens is 3. The third-order valence-electron chi connectivity index (χ3n) is 3.15. The van der Waals surface area contributed by atoms with Gasteiger partial charge in [0.1, 0.15) is 5.82 Å². The fourth-order valence-electron chi connectivity index (χ4n) is 1.89. The Labute approximate surface area is 151 Å². The van der Waals surface area contributed by atoms with E-state index in [0.717, 1.165) is 17.8 Å². The molecule has 0 saturated carbocycles. The second kappa shape index (κ2) is 7.62. The Morgan fingerprint density at radius 1 is 1.36 bits per heavy atom. The van der Waals surface area contributed by atoms with Crippen LogP contribution in [-0.4, -0.2) is 26.3 Å². The summed E-state index contributed by atoms with van der Waals surface area (Å²) in [4.78, 5) is 16.2. The first-order chi connectivity index (χ1) is 12.0. The Kier molecular flexibility index (Phi) is 5.30. The maximum atomic E-state index is 13.7. The average molecular weight is 379 g/mol. The standard InChI is InChI=1S/C16H12ClFN4O2S/c1-9(14(23)20-13-5-4-11(17)7-12(13)18)25-16-22-21-15(24-16)10-3-2-6-19-8-10/h2-9H,1H3,(H,20,23)/t9-/m1/s1. The molecule has 1 N–H and O–H groups in total. The third kappa shape index (κ3) is 4.34. The van der Waals surface area contributed by atoms with Crippen LogP contribution in [-0.2, 0) is 4.79 Å². The number of hydrogen-bond acceptors (Lipinski definition) is 6. The molecule has 2 aromatic heterocycles. The maximum Gasteiger partial charge on any atom is 0.277 e. The number of benzene rings is 1. The molecule has 0 radical (unpaired) electrons. The highest BCUT2D eigenvalue weighted by Crippen LogP contribution is 2.27. The van der Waals surface area contributed by atoms with Crippen LogP contribution < -0.4 is 5.32 Å². The number of halogens is 2. The molecule has 0 unspecified atom stereocenters. The number of rotatable bonds is 5. The number of pyridine rings is 1. The molecule has 1 atom stereocenters. The maximum absolute atomic E-state index is 13.7. The van der Waals surface area contributed by atoms with Gasteiger partial charge in [-0.3, -0.25) is 9.78 Å². The van der Waals surface area contributed by atoms with Crippen molar-refractivity contribution < 1.29 is 13.6 Å². The van der Waals surface area contributed by atoms with Crippen LogP contribution in [0.25, 0.3) is 11.5 Å². The number of carbonyl (C=O) groups excluding carboxylic acids is 1. The van der Waals surface area contributed by atoms with Gasteiger partial charge in [-0.2, -0.15) is 0 Å². The normalized spacial score (nSPS) is 12.0. The van der Waals surface area contributed by atoms with Gasteiger partial charge in [-0.05, 0) is 37.3 Å². The second-order valence-electron chi connectivity index (χ2n) is 4.99. The van der Waals surface area contributed by atoms with Crippen molar-refractivity contribution >= 4 is 35.0 Å². The summed E-state index contributed by atoms with van der Waals surface area (Å²) in [6.45, 7) is 1.65. The molecule has 3 rings (SSSR count). The summed E-state index contributed by atoms with van der Waals surface area (Å²) in [6, 6.07) is 7.57. The molecule has 0 saturated heterocycles. The van der Waals surface area contributed by atoms with Gasteiger partial charge in [-0.1, -0.05) is 23.4 Å². The molecule has 3 aromatic rings. The number of anilines is 1. The van der Waals surface area contributed by atoms with E-state index in [0.29, 0.717) is 11.5 Å². The summed E-state index contributed by atoms with van der Waals surface area (Å²) in [6.07, 6.45) is 3.24. The van der Waals surface area contributed by atoms with Crippen LogP contribution in [0.3, 0.4) is 0 Å². The molecular formula is C16H12ClFN4O2S. The molecule has 1 aromatic carbocycles. The Morgan fingerprint density at radius 3 is 2.92 bits per heavy atom. The zero-order chi connectivity index (χ0) is 17.8. The zero-order valence-electron chi connectivity index (χ0n) is 12.9. The van der Waals surface area contributed by atoms with Crippen molar-refractivity contribution in [1.29, 1.82) is 0 Å². The summed E-state index contributed by atoms with van der Waals surface area (Å²) in [5.41, 5.74) is 0.741. The first-order valence-corrected chi connectivity index (χ1v) is 8.45. The first-order valence-electron chi connectivity index (χ1n) is 7.19. The van der Waals surface area contributed by atoms with Crippen molar-refractivity contribution in [2.24, 2.45) is 0 Å². The van der Waals surface area contributed by atoms with Gasteiger partial charge in [0.05, 0.1) is 16.5 Å². The quantitative estimate of drug-likeness (QED) is 0.675. The fraction of sp³-hybridized carbons (Fsp3) is 0.125. The van der Waals surface area contributed by atoms with Gasteiger partial charge in [-0.25, -0.2) is 4.39 Å². The van der Waals surface area contributed by atoms with Gasteiger partial charge in [-0.15, -0.1) is 10.2 Å². The van der Waals surface area contributed by atoms with Crippen LogP contribution in [0.15, 0.2) is 52.4 Å². The van der Waals surface area contributed by atoms with Crippen molar-refractivity contribution in [3.63, 3.8) is 0 Å². The Hall–Kier alpha value is -2.45. The van der Waals surface area contributed by atoms with Crippen LogP contribution in [0.2, 0.25) is 5.02 Å². The van der Waals surface area contributed by atoms with Crippen molar-refractivity contribution in [3.8, 4) is 11.5 Å². The van der Waals surface area contributed by atoms with Crippen LogP contribution in [0.5, 0.6) is 0 Å². The molecule has 9 heteroatoms. The summed E-state index contributed by atoms with van der Waals surface area (Å²) in [5, 5.41) is 10.2. The van der Waals surface area contributed by atoms with Crippen molar-refractivity contribution in [2.75, 3.05) is 5.32 Å². The third-order valence-corrected chi connectivity index (χ3v) is 4.32. The lowest BCUT2D eigenvalue weighted by Crippen LogP contribution is -2.23. The predicted octanol–water partition coefficient (Wildman–Crippen LogP) is 4.04. The van der Waals surface area contributed by atoms with E-state index in [1.807, 2.05) is 0 Å². The molecule has 0 bridgehead atoms. The highest BCUT2D eigenvalue weighted by molar-refractivity contribution is 8.00. The van der Waals surface area contributed by atoms with Gasteiger partial charge in [0.25, 0.3) is 5.22 Å². The van der Waals surface area contributed by atoms with Gasteiger partial charge >= 0.3 is 0 Å². The molecule has 0 fully saturated rings. The lowest BCUT2D eigenvalue weighted by molar-refractivity contribution is -0.115. The van der Waals surface area contributed by atoms with Crippen LogP contribution in [0, 0.1) is 5.82 Å². The Bertz CT molecular complexity index is 891. The number of hydrogen-bond donors (Lipinski definition) is 1. The van der Waals surface area contributed by atoms with E-state index in [2.05, 4.69) is 20.5 Å². The minimum atomic E-state index is -0.602. The Balaban J connectivity index is 1.65. The summed E-state index contributed by atoms with van der Waals surface area (Å²) in [7, 11) is 0. The molecule has 25 heavy (non-hydrogen) atoms. The van der Waals surface area contributed by atoms with E-state index in [1.165, 1.54) is 12.1 Å². The van der Waals surface area contributed by atoms with Crippen LogP contribution in [0.4, 0.5) is 10.1 Å². The summed E-state index contributed by atoms with van der Waals surface area (Å²) >= 11 is 6.76. The molecular weight excluding hydrogens is 367 g/mol. The molecule has 2 heterocycles. The molecule has 6 nitrogen and oxygen atoms in total. The largest absolute Gasteiger partial charge is 0.411 e. The zero-order valence-corrected chi connectivity index (χ0v) is 14.5. The minimum absolute atomic E-state index is 0.0587. The predicted molar refractivity (Wildman–Crippen MR) is 92.9 cm³/mol. The minimum Gasteiger partial charge on any atom is -0.411 e. The van der Waals surface area contributed by atoms with E-state index >= 15 is 0 Å². The number of nitrogens with zero attached hydrogens (tertiary/aromatic N) is 3. The lowest BCUT2D eigenvalue weighted by Gasteiger charge is -2.10. The molecule has 0 aliphatic rings. The highest BCUT2D eigenvalue weighted by atomic mass is 35.5. The molecule has 0 aliphatic heterocycles. The van der Waals surface area contributed by atoms with Crippen LogP contribution in [0.1, 0.15) is 6.92 Å². The molecule has 0 spiro atoms. The monoisotopic (exact) mass is 378 g/mol. The van der Waals surface area contributed by atoms with Gasteiger partial charge in [0.15, 0.2) is 0 Å². The highest BCUT2D eigenvalue weighted by Gasteiger charge is 2.20. The topological polar surface area (TPSA) is 80.9 Å². The average Bonchev–Trinajstić information content (AvgIpc) is 3.06. The number of thioether (sulfide) groups is 1. The fourth-order valence-corrected chi connectivity index (χ4v) is 2.74. The van der Waals surface area contributed by atoms with Gasteiger partial charge < -0.3 is 9.73 Å². The van der Waals surface area contributed by atoms with Crippen molar-refractivity contribution in [3.05, 3.63) is 53.6 Å². The number of carbonyl (C=O) groups is 1. The van der Waals surface area contributed by atoms with Gasteiger partial charge in [0.2, 0.25) is 11.8 Å². The van der Waals surface area contributed by atoms with E-state index < -0.39 is 17.0 Å².